The number of anilines is 1. The first kappa shape index (κ1) is 15.3. The molecule has 0 N–H and O–H groups in total. The van der Waals surface area contributed by atoms with Gasteiger partial charge in [-0.2, -0.15) is 4.31 Å². The topological polar surface area (TPSA) is 53.5 Å². The van der Waals surface area contributed by atoms with Crippen LogP contribution in [0.3, 0.4) is 0 Å². The summed E-state index contributed by atoms with van der Waals surface area (Å²) in [6.45, 7) is 1.58. The van der Waals surface area contributed by atoms with Gasteiger partial charge in [0.1, 0.15) is 0 Å². The maximum absolute atomic E-state index is 13.3. The SMILES string of the molecule is O=S(=O)(c1ccc(F)c(F)c1)N1CCN(c2nccs2)CC1. The highest BCUT2D eigenvalue weighted by Crippen LogP contribution is 2.23. The van der Waals surface area contributed by atoms with Crippen LogP contribution in [0.2, 0.25) is 0 Å². The Morgan fingerprint density at radius 2 is 1.82 bits per heavy atom. The molecule has 5 nitrogen and oxygen atoms in total. The van der Waals surface area contributed by atoms with Crippen LogP contribution in [0.1, 0.15) is 0 Å². The van der Waals surface area contributed by atoms with Gasteiger partial charge in [0.05, 0.1) is 4.90 Å². The highest BCUT2D eigenvalue weighted by molar-refractivity contribution is 7.89. The summed E-state index contributed by atoms with van der Waals surface area (Å²) in [4.78, 5) is 5.97. The lowest BCUT2D eigenvalue weighted by molar-refractivity contribution is 0.384. The first-order chi connectivity index (χ1) is 10.5. The minimum atomic E-state index is -3.81. The number of sulfonamides is 1. The number of nitrogens with zero attached hydrogens (tertiary/aromatic N) is 3. The molecular formula is C13H13F2N3O2S2. The molecule has 0 spiro atoms. The molecule has 9 heteroatoms. The molecule has 1 fully saturated rings. The van der Waals surface area contributed by atoms with E-state index in [0.717, 1.165) is 23.3 Å². The molecule has 0 bridgehead atoms. The van der Waals surface area contributed by atoms with Crippen molar-refractivity contribution in [2.45, 2.75) is 4.90 Å². The number of hydrogen-bond acceptors (Lipinski definition) is 5. The van der Waals surface area contributed by atoms with Crippen LogP contribution in [0.4, 0.5) is 13.9 Å². The Labute approximate surface area is 130 Å². The molecule has 118 valence electrons. The smallest absolute Gasteiger partial charge is 0.243 e. The Morgan fingerprint density at radius 1 is 1.09 bits per heavy atom. The van der Waals surface area contributed by atoms with E-state index in [4.69, 9.17) is 0 Å². The molecule has 0 aliphatic carbocycles. The van der Waals surface area contributed by atoms with E-state index < -0.39 is 21.7 Å². The normalized spacial score (nSPS) is 16.9. The molecule has 0 saturated carbocycles. The van der Waals surface area contributed by atoms with Crippen molar-refractivity contribution in [2.24, 2.45) is 0 Å². The minimum absolute atomic E-state index is 0.228. The lowest BCUT2D eigenvalue weighted by Crippen LogP contribution is -2.48. The van der Waals surface area contributed by atoms with Crippen LogP contribution >= 0.6 is 11.3 Å². The Bertz CT molecular complexity index is 758. The van der Waals surface area contributed by atoms with Gasteiger partial charge in [0.15, 0.2) is 16.8 Å². The van der Waals surface area contributed by atoms with Crippen LogP contribution in [0, 0.1) is 11.6 Å². The number of thiazole rings is 1. The Morgan fingerprint density at radius 3 is 2.41 bits per heavy atom. The van der Waals surface area contributed by atoms with Gasteiger partial charge in [-0.15, -0.1) is 11.3 Å². The number of aromatic nitrogens is 1. The van der Waals surface area contributed by atoms with Crippen molar-refractivity contribution in [2.75, 3.05) is 31.1 Å². The molecule has 1 aromatic heterocycles. The standard InChI is InChI=1S/C13H13F2N3O2S2/c14-11-2-1-10(9-12(11)15)22(19,20)18-6-4-17(5-7-18)13-16-3-8-21-13/h1-3,8-9H,4-7H2. The molecular weight excluding hydrogens is 332 g/mol. The van der Waals surface area contributed by atoms with Gasteiger partial charge in [-0.3, -0.25) is 0 Å². The van der Waals surface area contributed by atoms with Crippen molar-refractivity contribution in [3.63, 3.8) is 0 Å². The molecule has 0 atom stereocenters. The number of piperazine rings is 1. The molecule has 0 amide bonds. The minimum Gasteiger partial charge on any atom is -0.345 e. The maximum atomic E-state index is 13.3. The summed E-state index contributed by atoms with van der Waals surface area (Å²) in [7, 11) is -3.81. The molecule has 22 heavy (non-hydrogen) atoms. The van der Waals surface area contributed by atoms with Gasteiger partial charge in [0.25, 0.3) is 0 Å². The summed E-state index contributed by atoms with van der Waals surface area (Å²) in [5.74, 6) is -2.23. The molecule has 0 radical (unpaired) electrons. The van der Waals surface area contributed by atoms with Crippen LogP contribution in [-0.4, -0.2) is 43.9 Å². The van der Waals surface area contributed by atoms with Crippen LogP contribution in [-0.2, 0) is 10.0 Å². The zero-order chi connectivity index (χ0) is 15.7. The Hall–Kier alpha value is -1.58. The van der Waals surface area contributed by atoms with E-state index in [0.29, 0.717) is 13.1 Å². The first-order valence-corrected chi connectivity index (χ1v) is 8.90. The maximum Gasteiger partial charge on any atom is 0.243 e. The molecule has 1 aromatic carbocycles. The Kier molecular flexibility index (Phi) is 4.11. The summed E-state index contributed by atoms with van der Waals surface area (Å²) in [5.41, 5.74) is 0. The monoisotopic (exact) mass is 345 g/mol. The average molecular weight is 345 g/mol. The molecule has 1 aliphatic rings. The molecule has 1 aliphatic heterocycles. The van der Waals surface area contributed by atoms with Crippen LogP contribution in [0.5, 0.6) is 0 Å². The second-order valence-electron chi connectivity index (χ2n) is 4.78. The summed E-state index contributed by atoms with van der Waals surface area (Å²) in [6.07, 6.45) is 1.70. The zero-order valence-corrected chi connectivity index (χ0v) is 13.1. The molecule has 2 heterocycles. The van der Waals surface area contributed by atoms with Gasteiger partial charge in [-0.1, -0.05) is 0 Å². The van der Waals surface area contributed by atoms with Gasteiger partial charge in [-0.05, 0) is 18.2 Å². The number of hydrogen-bond donors (Lipinski definition) is 0. The molecule has 1 saturated heterocycles. The summed E-state index contributed by atoms with van der Waals surface area (Å²) >= 11 is 1.49. The van der Waals surface area contributed by atoms with E-state index in [1.165, 1.54) is 15.6 Å². The van der Waals surface area contributed by atoms with E-state index in [1.807, 2.05) is 10.3 Å². The van der Waals surface area contributed by atoms with E-state index in [9.17, 15) is 17.2 Å². The van der Waals surface area contributed by atoms with Gasteiger partial charge in [0, 0.05) is 37.8 Å². The Balaban J connectivity index is 1.75. The fourth-order valence-electron chi connectivity index (χ4n) is 2.28. The lowest BCUT2D eigenvalue weighted by Gasteiger charge is -2.33. The summed E-state index contributed by atoms with van der Waals surface area (Å²) in [5, 5.41) is 2.71. The fourth-order valence-corrected chi connectivity index (χ4v) is 4.41. The van der Waals surface area contributed by atoms with Crippen LogP contribution in [0.25, 0.3) is 0 Å². The predicted molar refractivity (Wildman–Crippen MR) is 79.4 cm³/mol. The van der Waals surface area contributed by atoms with Crippen molar-refractivity contribution >= 4 is 26.5 Å². The van der Waals surface area contributed by atoms with Crippen LogP contribution < -0.4 is 4.90 Å². The van der Waals surface area contributed by atoms with Gasteiger partial charge >= 0.3 is 0 Å². The number of halogens is 2. The quantitative estimate of drug-likeness (QED) is 0.853. The van der Waals surface area contributed by atoms with Crippen molar-refractivity contribution in [1.29, 1.82) is 0 Å². The van der Waals surface area contributed by atoms with E-state index in [1.54, 1.807) is 6.20 Å². The third-order valence-corrected chi connectivity index (χ3v) is 6.18. The van der Waals surface area contributed by atoms with Crippen molar-refractivity contribution in [1.82, 2.24) is 9.29 Å². The molecule has 2 aromatic rings. The first-order valence-electron chi connectivity index (χ1n) is 6.58. The summed E-state index contributed by atoms with van der Waals surface area (Å²) in [6, 6.07) is 2.63. The summed E-state index contributed by atoms with van der Waals surface area (Å²) < 4.78 is 52.4. The highest BCUT2D eigenvalue weighted by Gasteiger charge is 2.29. The average Bonchev–Trinajstić information content (AvgIpc) is 3.04. The predicted octanol–water partition coefficient (Wildman–Crippen LogP) is 1.93. The molecule has 0 unspecified atom stereocenters. The van der Waals surface area contributed by atoms with Gasteiger partial charge < -0.3 is 4.90 Å². The van der Waals surface area contributed by atoms with Crippen molar-refractivity contribution in [3.8, 4) is 0 Å². The van der Waals surface area contributed by atoms with Crippen molar-refractivity contribution < 1.29 is 17.2 Å². The fraction of sp³-hybridized carbons (Fsp3) is 0.308. The van der Waals surface area contributed by atoms with Crippen molar-refractivity contribution in [3.05, 3.63) is 41.4 Å². The third kappa shape index (κ3) is 2.83. The lowest BCUT2D eigenvalue weighted by atomic mass is 10.3. The number of benzene rings is 1. The zero-order valence-electron chi connectivity index (χ0n) is 11.4. The van der Waals surface area contributed by atoms with Gasteiger partial charge in [-0.25, -0.2) is 22.2 Å². The highest BCUT2D eigenvalue weighted by atomic mass is 32.2. The molecule has 3 rings (SSSR count). The van der Waals surface area contributed by atoms with E-state index in [2.05, 4.69) is 4.98 Å². The van der Waals surface area contributed by atoms with Crippen LogP contribution in [0.15, 0.2) is 34.7 Å². The van der Waals surface area contributed by atoms with E-state index in [-0.39, 0.29) is 18.0 Å². The largest absolute Gasteiger partial charge is 0.345 e. The van der Waals surface area contributed by atoms with E-state index >= 15 is 0 Å². The second-order valence-corrected chi connectivity index (χ2v) is 7.59. The number of rotatable bonds is 3. The second kappa shape index (κ2) is 5.90. The third-order valence-electron chi connectivity index (χ3n) is 3.46. The van der Waals surface area contributed by atoms with Gasteiger partial charge in [0.2, 0.25) is 10.0 Å².